The summed E-state index contributed by atoms with van der Waals surface area (Å²) in [6.45, 7) is 19.1. The van der Waals surface area contributed by atoms with E-state index in [1.165, 1.54) is 19.3 Å². The third-order valence-corrected chi connectivity index (χ3v) is 0.500. The van der Waals surface area contributed by atoms with Crippen LogP contribution in [0.2, 0.25) is 0 Å². The molecule has 0 radical (unpaired) electrons. The van der Waals surface area contributed by atoms with E-state index in [1.54, 1.807) is 12.2 Å². The number of unbranched alkanes of at least 4 members (excludes halogenated alkanes) is 1. The van der Waals surface area contributed by atoms with Gasteiger partial charge in [-0.25, -0.2) is 0 Å². The summed E-state index contributed by atoms with van der Waals surface area (Å²) in [4.78, 5) is 0. The molecule has 0 aliphatic rings. The topological polar surface area (TPSA) is 0 Å². The Morgan fingerprint density at radius 3 is 0.846 bits per heavy atom. The van der Waals surface area contributed by atoms with Crippen LogP contribution in [0.5, 0.6) is 0 Å². The van der Waals surface area contributed by atoms with Crippen LogP contribution in [-0.2, 0) is 0 Å². The lowest BCUT2D eigenvalue weighted by Crippen LogP contribution is -1.47. The van der Waals surface area contributed by atoms with Gasteiger partial charge in [0.1, 0.15) is 0 Å². The molecule has 0 aromatic heterocycles. The largest absolute Gasteiger partial charge is 0.103 e. The Kier molecular flexibility index (Phi) is 111. The summed E-state index contributed by atoms with van der Waals surface area (Å²) in [7, 11) is 0. The Morgan fingerprint density at radius 1 is 0.769 bits per heavy atom. The summed E-state index contributed by atoms with van der Waals surface area (Å²) in [5, 5.41) is 0. The molecule has 0 atom stereocenters. The van der Waals surface area contributed by atoms with Gasteiger partial charge in [-0.1, -0.05) is 59.1 Å². The molecule has 0 heteroatoms. The fourth-order valence-corrected chi connectivity index (χ4v) is 0. The van der Waals surface area contributed by atoms with Crippen molar-refractivity contribution in [2.75, 3.05) is 0 Å². The van der Waals surface area contributed by atoms with Crippen LogP contribution in [0.15, 0.2) is 25.3 Å². The fraction of sp³-hybridized carbons (Fsp3) is 0.692. The molecule has 0 saturated heterocycles. The van der Waals surface area contributed by atoms with Crippen molar-refractivity contribution in [2.24, 2.45) is 0 Å². The molecule has 0 amide bonds. The van der Waals surface area contributed by atoms with Crippen molar-refractivity contribution in [3.05, 3.63) is 25.3 Å². The first-order valence-corrected chi connectivity index (χ1v) is 5.30. The average molecular weight is 186 g/mol. The summed E-state index contributed by atoms with van der Waals surface area (Å²) in [5.74, 6) is 0. The Morgan fingerprint density at radius 2 is 0.846 bits per heavy atom. The number of allylic oxidation sites excluding steroid dienone is 2. The molecule has 0 spiro atoms. The van der Waals surface area contributed by atoms with Crippen LogP contribution in [0.3, 0.4) is 0 Å². The summed E-state index contributed by atoms with van der Waals surface area (Å²) >= 11 is 0. The normalized spacial score (nSPS) is 5.69. The van der Waals surface area contributed by atoms with Crippen molar-refractivity contribution >= 4 is 0 Å². The minimum absolute atomic E-state index is 1.25. The zero-order valence-electron chi connectivity index (χ0n) is 10.7. The van der Waals surface area contributed by atoms with Crippen LogP contribution in [0.25, 0.3) is 0 Å². The van der Waals surface area contributed by atoms with Crippen LogP contribution < -0.4 is 0 Å². The van der Waals surface area contributed by atoms with E-state index in [0.29, 0.717) is 0 Å². The van der Waals surface area contributed by atoms with Crippen LogP contribution in [0.1, 0.15) is 60.8 Å². The quantitative estimate of drug-likeness (QED) is 0.467. The zero-order valence-corrected chi connectivity index (χ0v) is 10.7. The first kappa shape index (κ1) is 22.9. The molecule has 0 aliphatic heterocycles. The summed E-state index contributed by atoms with van der Waals surface area (Å²) in [6.07, 6.45) is 7.39. The van der Waals surface area contributed by atoms with Crippen molar-refractivity contribution in [2.45, 2.75) is 60.8 Å². The molecule has 0 unspecified atom stereocenters. The van der Waals surface area contributed by atoms with Gasteiger partial charge in [-0.3, -0.25) is 0 Å². The van der Waals surface area contributed by atoms with Gasteiger partial charge in [0, 0.05) is 0 Å². The van der Waals surface area contributed by atoms with Gasteiger partial charge in [0.05, 0.1) is 0 Å². The van der Waals surface area contributed by atoms with E-state index in [4.69, 9.17) is 0 Å². The lowest BCUT2D eigenvalue weighted by molar-refractivity contribution is 0.886. The minimum Gasteiger partial charge on any atom is -0.103 e. The van der Waals surface area contributed by atoms with Crippen LogP contribution >= 0.6 is 0 Å². The number of hydrogen-bond donors (Lipinski definition) is 0. The molecule has 0 aromatic rings. The standard InChI is InChI=1S/C4H10.C3H8.2C3H6/c1-3-4-2;3*1-3-2/h3-4H2,1-2H3;3H2,1-2H3;2*3H,1H2,2H3. The first-order valence-electron chi connectivity index (χ1n) is 5.30. The van der Waals surface area contributed by atoms with Gasteiger partial charge < -0.3 is 0 Å². The van der Waals surface area contributed by atoms with Gasteiger partial charge in [0.25, 0.3) is 0 Å². The SMILES string of the molecule is C=CC.C=CC.CCC.CCCC. The smallest absolute Gasteiger partial charge is 0.0473 e. The summed E-state index contributed by atoms with van der Waals surface area (Å²) in [5.41, 5.74) is 0. The first-order chi connectivity index (χ1) is 6.16. The predicted molar refractivity (Wildman–Crippen MR) is 68.3 cm³/mol. The monoisotopic (exact) mass is 186 g/mol. The van der Waals surface area contributed by atoms with E-state index in [-0.39, 0.29) is 0 Å². The van der Waals surface area contributed by atoms with Crippen LogP contribution in [0.4, 0.5) is 0 Å². The summed E-state index contributed by atoms with van der Waals surface area (Å²) < 4.78 is 0. The molecule has 0 aliphatic carbocycles. The molecule has 82 valence electrons. The van der Waals surface area contributed by atoms with E-state index >= 15 is 0 Å². The second-order valence-corrected chi connectivity index (χ2v) is 2.52. The molecule has 0 fully saturated rings. The highest BCUT2D eigenvalue weighted by Crippen LogP contribution is 1.76. The molecule has 0 nitrogen and oxygen atoms in total. The van der Waals surface area contributed by atoms with Crippen LogP contribution in [-0.4, -0.2) is 0 Å². The molecule has 0 aromatic carbocycles. The zero-order chi connectivity index (χ0) is 11.5. The molecule has 13 heavy (non-hydrogen) atoms. The van der Waals surface area contributed by atoms with E-state index in [9.17, 15) is 0 Å². The molecular formula is C13H30. The Labute approximate surface area is 86.8 Å². The second-order valence-electron chi connectivity index (χ2n) is 2.52. The highest BCUT2D eigenvalue weighted by atomic mass is 13.6. The van der Waals surface area contributed by atoms with Gasteiger partial charge in [-0.2, -0.15) is 0 Å². The van der Waals surface area contributed by atoms with Crippen molar-refractivity contribution in [3.8, 4) is 0 Å². The second kappa shape index (κ2) is 62.8. The Bertz CT molecular complexity index is 45.1. The van der Waals surface area contributed by atoms with E-state index in [0.717, 1.165) is 0 Å². The maximum Gasteiger partial charge on any atom is -0.0473 e. The third-order valence-electron chi connectivity index (χ3n) is 0.500. The average Bonchev–Trinajstić information content (AvgIpc) is 2.08. The van der Waals surface area contributed by atoms with Crippen molar-refractivity contribution < 1.29 is 0 Å². The van der Waals surface area contributed by atoms with Gasteiger partial charge in [-0.05, 0) is 13.8 Å². The predicted octanol–water partition coefficient (Wildman–Crippen LogP) is 5.61. The lowest BCUT2D eigenvalue weighted by Gasteiger charge is -1.68. The number of rotatable bonds is 1. The van der Waals surface area contributed by atoms with Gasteiger partial charge in [-0.15, -0.1) is 13.2 Å². The van der Waals surface area contributed by atoms with E-state index < -0.39 is 0 Å². The van der Waals surface area contributed by atoms with Crippen LogP contribution in [0, 0.1) is 0 Å². The van der Waals surface area contributed by atoms with E-state index in [1.807, 2.05) is 13.8 Å². The van der Waals surface area contributed by atoms with E-state index in [2.05, 4.69) is 40.9 Å². The van der Waals surface area contributed by atoms with Gasteiger partial charge >= 0.3 is 0 Å². The molecule has 0 saturated carbocycles. The molecule has 0 N–H and O–H groups in total. The maximum absolute atomic E-state index is 3.36. The molecule has 0 heterocycles. The highest BCUT2D eigenvalue weighted by molar-refractivity contribution is 4.51. The Balaban J connectivity index is -0.0000000420. The van der Waals surface area contributed by atoms with Crippen molar-refractivity contribution in [1.29, 1.82) is 0 Å². The van der Waals surface area contributed by atoms with Gasteiger partial charge in [0.15, 0.2) is 0 Å². The molecule has 0 rings (SSSR count). The summed E-state index contributed by atoms with van der Waals surface area (Å²) in [6, 6.07) is 0. The van der Waals surface area contributed by atoms with Crippen molar-refractivity contribution in [1.82, 2.24) is 0 Å². The maximum atomic E-state index is 3.36. The number of hydrogen-bond acceptors (Lipinski definition) is 0. The lowest BCUT2D eigenvalue weighted by atomic mass is 10.4. The minimum atomic E-state index is 1.25. The Hall–Kier alpha value is -0.520. The molecular weight excluding hydrogens is 156 g/mol. The fourth-order valence-electron chi connectivity index (χ4n) is 0. The third kappa shape index (κ3) is 4480. The van der Waals surface area contributed by atoms with Gasteiger partial charge in [0.2, 0.25) is 0 Å². The highest BCUT2D eigenvalue weighted by Gasteiger charge is 1.56. The molecule has 0 bridgehead atoms. The van der Waals surface area contributed by atoms with Crippen molar-refractivity contribution in [3.63, 3.8) is 0 Å².